The van der Waals surface area contributed by atoms with Crippen molar-refractivity contribution in [3.8, 4) is 0 Å². The lowest BCUT2D eigenvalue weighted by Gasteiger charge is -2.32. The quantitative estimate of drug-likeness (QED) is 0.753. The number of aryl methyl sites for hydroxylation is 1. The molecule has 0 saturated carbocycles. The number of hydrogen-bond donors (Lipinski definition) is 0. The van der Waals surface area contributed by atoms with Crippen LogP contribution in [-0.4, -0.2) is 37.7 Å². The summed E-state index contributed by atoms with van der Waals surface area (Å²) in [6, 6.07) is 0.447. The maximum Gasteiger partial charge on any atom is 0.236 e. The molecule has 0 bridgehead atoms. The first-order chi connectivity index (χ1) is 8.88. The highest BCUT2D eigenvalue weighted by molar-refractivity contribution is 8.00. The molecule has 0 radical (unpaired) electrons. The lowest BCUT2D eigenvalue weighted by molar-refractivity contribution is -0.133. The van der Waals surface area contributed by atoms with Gasteiger partial charge in [0.2, 0.25) is 5.91 Å². The minimum absolute atomic E-state index is 0.113. The lowest BCUT2D eigenvalue weighted by atomic mass is 10.2. The molecule has 0 N–H and O–H groups in total. The van der Waals surface area contributed by atoms with E-state index in [0.717, 1.165) is 11.7 Å². The number of nitrogens with zero attached hydrogens (tertiary/aromatic N) is 3. The molecule has 0 aliphatic carbocycles. The van der Waals surface area contributed by atoms with Crippen molar-refractivity contribution in [3.05, 3.63) is 12.4 Å². The molecule has 19 heavy (non-hydrogen) atoms. The molecule has 1 amide bonds. The predicted molar refractivity (Wildman–Crippen MR) is 80.3 cm³/mol. The van der Waals surface area contributed by atoms with Crippen LogP contribution in [0.4, 0.5) is 0 Å². The molecule has 1 aromatic heterocycles. The van der Waals surface area contributed by atoms with Gasteiger partial charge in [0.25, 0.3) is 0 Å². The van der Waals surface area contributed by atoms with Crippen LogP contribution in [0.25, 0.3) is 0 Å². The Labute approximate surface area is 120 Å². The summed E-state index contributed by atoms with van der Waals surface area (Å²) in [6.45, 7) is 13.1. The van der Waals surface area contributed by atoms with Crippen LogP contribution in [0.3, 0.4) is 0 Å². The monoisotopic (exact) mass is 283 g/mol. The van der Waals surface area contributed by atoms with Crippen LogP contribution >= 0.6 is 11.8 Å². The number of aromatic nitrogens is 2. The van der Waals surface area contributed by atoms with Gasteiger partial charge in [-0.1, -0.05) is 11.8 Å². The topological polar surface area (TPSA) is 38.1 Å². The van der Waals surface area contributed by atoms with Crippen molar-refractivity contribution in [1.82, 2.24) is 14.5 Å². The SMILES string of the molecule is CCn1ccnc1SC(C)C(=O)N(C(C)C)C(C)C. The van der Waals surface area contributed by atoms with E-state index in [1.165, 1.54) is 11.8 Å². The smallest absolute Gasteiger partial charge is 0.236 e. The van der Waals surface area contributed by atoms with Gasteiger partial charge in [-0.3, -0.25) is 4.79 Å². The van der Waals surface area contributed by atoms with Crippen molar-refractivity contribution in [1.29, 1.82) is 0 Å². The Bertz CT molecular complexity index is 407. The molecule has 1 heterocycles. The Morgan fingerprint density at radius 3 is 2.37 bits per heavy atom. The second-order valence-corrected chi connectivity index (χ2v) is 6.50. The van der Waals surface area contributed by atoms with Gasteiger partial charge in [-0.2, -0.15) is 0 Å². The van der Waals surface area contributed by atoms with Crippen LogP contribution in [0.2, 0.25) is 0 Å². The first kappa shape index (κ1) is 16.1. The van der Waals surface area contributed by atoms with Crippen LogP contribution in [0.5, 0.6) is 0 Å². The van der Waals surface area contributed by atoms with Crippen LogP contribution < -0.4 is 0 Å². The number of carbonyl (C=O) groups is 1. The zero-order valence-corrected chi connectivity index (χ0v) is 13.6. The molecule has 1 rings (SSSR count). The van der Waals surface area contributed by atoms with Gasteiger partial charge < -0.3 is 9.47 Å². The van der Waals surface area contributed by atoms with E-state index in [9.17, 15) is 4.79 Å². The van der Waals surface area contributed by atoms with Crippen molar-refractivity contribution in [3.63, 3.8) is 0 Å². The lowest BCUT2D eigenvalue weighted by Crippen LogP contribution is -2.45. The summed E-state index contributed by atoms with van der Waals surface area (Å²) in [5, 5.41) is 0.799. The molecule has 0 aromatic carbocycles. The number of hydrogen-bond acceptors (Lipinski definition) is 3. The van der Waals surface area contributed by atoms with Crippen LogP contribution in [0.1, 0.15) is 41.5 Å². The van der Waals surface area contributed by atoms with Crippen molar-refractivity contribution < 1.29 is 4.79 Å². The molecular weight excluding hydrogens is 258 g/mol. The number of imidazole rings is 1. The van der Waals surface area contributed by atoms with Crippen molar-refractivity contribution in [2.75, 3.05) is 0 Å². The third-order valence-electron chi connectivity index (χ3n) is 3.02. The standard InChI is InChI=1S/C14H25N3OS/c1-7-16-9-8-15-14(16)19-12(6)13(18)17(10(2)3)11(4)5/h8-12H,7H2,1-6H3. The highest BCUT2D eigenvalue weighted by atomic mass is 32.2. The van der Waals surface area contributed by atoms with E-state index in [1.807, 2.05) is 18.0 Å². The molecule has 5 heteroatoms. The molecule has 1 aromatic rings. The maximum absolute atomic E-state index is 12.5. The normalized spacial score (nSPS) is 13.1. The predicted octanol–water partition coefficient (Wildman–Crippen LogP) is 3.03. The van der Waals surface area contributed by atoms with Crippen molar-refractivity contribution in [2.24, 2.45) is 0 Å². The molecule has 4 nitrogen and oxygen atoms in total. The minimum atomic E-state index is -0.113. The van der Waals surface area contributed by atoms with Gasteiger partial charge in [0.15, 0.2) is 5.16 Å². The van der Waals surface area contributed by atoms with Crippen molar-refractivity contribution in [2.45, 2.75) is 70.6 Å². The van der Waals surface area contributed by atoms with E-state index in [1.54, 1.807) is 6.20 Å². The second kappa shape index (κ2) is 6.98. The third kappa shape index (κ3) is 4.00. The fourth-order valence-corrected chi connectivity index (χ4v) is 3.16. The molecule has 0 spiro atoms. The zero-order chi connectivity index (χ0) is 14.6. The number of thioether (sulfide) groups is 1. The average Bonchev–Trinajstić information content (AvgIpc) is 2.75. The fraction of sp³-hybridized carbons (Fsp3) is 0.714. The third-order valence-corrected chi connectivity index (χ3v) is 4.12. The van der Waals surface area contributed by atoms with E-state index < -0.39 is 0 Å². The van der Waals surface area contributed by atoms with Gasteiger partial charge in [-0.25, -0.2) is 4.98 Å². The van der Waals surface area contributed by atoms with Gasteiger partial charge in [0.05, 0.1) is 5.25 Å². The van der Waals surface area contributed by atoms with Gasteiger partial charge >= 0.3 is 0 Å². The van der Waals surface area contributed by atoms with E-state index in [0.29, 0.717) is 0 Å². The molecule has 0 saturated heterocycles. The highest BCUT2D eigenvalue weighted by Crippen LogP contribution is 2.24. The number of amides is 1. The summed E-state index contributed by atoms with van der Waals surface area (Å²) in [4.78, 5) is 18.8. The Balaban J connectivity index is 2.77. The van der Waals surface area contributed by atoms with Crippen LogP contribution in [0, 0.1) is 0 Å². The first-order valence-corrected chi connectivity index (χ1v) is 7.76. The molecule has 1 unspecified atom stereocenters. The number of rotatable bonds is 6. The average molecular weight is 283 g/mol. The highest BCUT2D eigenvalue weighted by Gasteiger charge is 2.26. The van der Waals surface area contributed by atoms with Gasteiger partial charge in [0, 0.05) is 31.0 Å². The second-order valence-electron chi connectivity index (χ2n) is 5.19. The molecule has 0 aliphatic rings. The summed E-state index contributed by atoms with van der Waals surface area (Å²) in [6.07, 6.45) is 3.73. The Hall–Kier alpha value is -0.970. The van der Waals surface area contributed by atoms with Crippen LogP contribution in [-0.2, 0) is 11.3 Å². The summed E-state index contributed by atoms with van der Waals surface area (Å²) in [5.41, 5.74) is 0. The zero-order valence-electron chi connectivity index (χ0n) is 12.8. The Morgan fingerprint density at radius 1 is 1.32 bits per heavy atom. The summed E-state index contributed by atoms with van der Waals surface area (Å²) >= 11 is 1.53. The van der Waals surface area contributed by atoms with Crippen LogP contribution in [0.15, 0.2) is 17.6 Å². The molecule has 0 aliphatic heterocycles. The maximum atomic E-state index is 12.5. The van der Waals surface area contributed by atoms with Gasteiger partial charge in [-0.15, -0.1) is 0 Å². The molecular formula is C14H25N3OS. The largest absolute Gasteiger partial charge is 0.337 e. The van der Waals surface area contributed by atoms with Gasteiger partial charge in [0.1, 0.15) is 0 Å². The number of carbonyl (C=O) groups excluding carboxylic acids is 1. The van der Waals surface area contributed by atoms with Crippen molar-refractivity contribution >= 4 is 17.7 Å². The summed E-state index contributed by atoms with van der Waals surface area (Å²) in [5.74, 6) is 0.181. The molecule has 108 valence electrons. The Kier molecular flexibility index (Phi) is 5.91. The first-order valence-electron chi connectivity index (χ1n) is 6.88. The van der Waals surface area contributed by atoms with E-state index in [2.05, 4.69) is 44.2 Å². The molecule has 1 atom stereocenters. The van der Waals surface area contributed by atoms with E-state index in [-0.39, 0.29) is 23.2 Å². The summed E-state index contributed by atoms with van der Waals surface area (Å²) in [7, 11) is 0. The summed E-state index contributed by atoms with van der Waals surface area (Å²) < 4.78 is 2.06. The fourth-order valence-electron chi connectivity index (χ4n) is 2.18. The molecule has 0 fully saturated rings. The minimum Gasteiger partial charge on any atom is -0.337 e. The van der Waals surface area contributed by atoms with E-state index in [4.69, 9.17) is 0 Å². The Morgan fingerprint density at radius 2 is 1.89 bits per heavy atom. The van der Waals surface area contributed by atoms with Gasteiger partial charge in [-0.05, 0) is 41.5 Å². The van der Waals surface area contributed by atoms with E-state index >= 15 is 0 Å².